The van der Waals surface area contributed by atoms with Crippen LogP contribution in [0.1, 0.15) is 425 Å². The second-order valence-corrected chi connectivity index (χ2v) is 25.0. The molecule has 0 aliphatic carbocycles. The van der Waals surface area contributed by atoms with Gasteiger partial charge in [-0.3, -0.25) is 4.79 Å². The third kappa shape index (κ3) is 64.0. The van der Waals surface area contributed by atoms with Crippen molar-refractivity contribution >= 4 is 5.91 Å². The first-order valence-electron chi connectivity index (χ1n) is 35.9. The van der Waals surface area contributed by atoms with Crippen molar-refractivity contribution in [2.45, 2.75) is 437 Å². The lowest BCUT2D eigenvalue weighted by molar-refractivity contribution is -0.123. The van der Waals surface area contributed by atoms with Crippen molar-refractivity contribution in [3.63, 3.8) is 0 Å². The van der Waals surface area contributed by atoms with Crippen LogP contribution in [0.3, 0.4) is 0 Å². The highest BCUT2D eigenvalue weighted by Gasteiger charge is 2.18. The zero-order valence-corrected chi connectivity index (χ0v) is 52.6. The SMILES string of the molecule is CCCCCCCCCCCCCCCCCCCCCCCCCCCCCCCCC/C=C/C(O)C(CO)NC(=O)CCCCCCCCCCCCCCCCCCCCCCCCCCCCCCCCC. The molecule has 0 saturated heterocycles. The molecule has 0 aromatic rings. The summed E-state index contributed by atoms with van der Waals surface area (Å²) >= 11 is 0. The Morgan fingerprint density at radius 1 is 0.303 bits per heavy atom. The summed E-state index contributed by atoms with van der Waals surface area (Å²) < 4.78 is 0. The van der Waals surface area contributed by atoms with Crippen LogP contribution in [0.4, 0.5) is 0 Å². The molecule has 0 rings (SSSR count). The molecule has 4 heteroatoms. The zero-order chi connectivity index (χ0) is 54.8. The molecule has 0 aromatic heterocycles. The second kappa shape index (κ2) is 68.4. The van der Waals surface area contributed by atoms with Gasteiger partial charge in [0.2, 0.25) is 5.91 Å². The Morgan fingerprint density at radius 2 is 0.487 bits per heavy atom. The minimum Gasteiger partial charge on any atom is -0.394 e. The van der Waals surface area contributed by atoms with Crippen LogP contribution in [0, 0.1) is 0 Å². The van der Waals surface area contributed by atoms with Gasteiger partial charge in [-0.2, -0.15) is 0 Å². The number of aliphatic hydroxyl groups is 2. The molecule has 0 aromatic carbocycles. The maximum absolute atomic E-state index is 12.5. The van der Waals surface area contributed by atoms with Gasteiger partial charge < -0.3 is 15.5 Å². The molecule has 2 atom stereocenters. The fourth-order valence-electron chi connectivity index (χ4n) is 11.8. The van der Waals surface area contributed by atoms with Crippen molar-refractivity contribution in [2.24, 2.45) is 0 Å². The van der Waals surface area contributed by atoms with Gasteiger partial charge in [-0.25, -0.2) is 0 Å². The lowest BCUT2D eigenvalue weighted by Gasteiger charge is -2.20. The van der Waals surface area contributed by atoms with Crippen LogP contribution in [0.2, 0.25) is 0 Å². The molecule has 3 N–H and O–H groups in total. The number of aliphatic hydroxyl groups excluding tert-OH is 2. The summed E-state index contributed by atoms with van der Waals surface area (Å²) in [6.07, 6.45) is 91.8. The van der Waals surface area contributed by atoms with Gasteiger partial charge in [-0.15, -0.1) is 0 Å². The number of rotatable bonds is 68. The Labute approximate surface area is 479 Å². The molecular weight excluding hydrogens is 927 g/mol. The minimum atomic E-state index is -0.837. The van der Waals surface area contributed by atoms with Gasteiger partial charge in [0.1, 0.15) is 0 Å². The predicted octanol–water partition coefficient (Wildman–Crippen LogP) is 24.4. The monoisotopic (exact) mass is 1070 g/mol. The molecular formula is C72H143NO3. The minimum absolute atomic E-state index is 0.0527. The molecule has 0 radical (unpaired) electrons. The van der Waals surface area contributed by atoms with Crippen molar-refractivity contribution in [3.8, 4) is 0 Å². The van der Waals surface area contributed by atoms with E-state index in [2.05, 4.69) is 19.2 Å². The number of hydrogen-bond acceptors (Lipinski definition) is 3. The van der Waals surface area contributed by atoms with Gasteiger partial charge in [0.05, 0.1) is 18.8 Å². The summed E-state index contributed by atoms with van der Waals surface area (Å²) in [5, 5.41) is 23.3. The van der Waals surface area contributed by atoms with Crippen LogP contribution < -0.4 is 5.32 Å². The highest BCUT2D eigenvalue weighted by Crippen LogP contribution is 2.20. The first-order chi connectivity index (χ1) is 37.7. The molecule has 1 amide bonds. The summed E-state index contributed by atoms with van der Waals surface area (Å²) in [7, 11) is 0. The largest absolute Gasteiger partial charge is 0.394 e. The maximum atomic E-state index is 12.5. The normalized spacial score (nSPS) is 12.6. The zero-order valence-electron chi connectivity index (χ0n) is 52.6. The Morgan fingerprint density at radius 3 is 0.684 bits per heavy atom. The predicted molar refractivity (Wildman–Crippen MR) is 341 cm³/mol. The maximum Gasteiger partial charge on any atom is 0.220 e. The van der Waals surface area contributed by atoms with Gasteiger partial charge in [-0.05, 0) is 19.3 Å². The van der Waals surface area contributed by atoms with Crippen molar-refractivity contribution < 1.29 is 15.0 Å². The number of hydrogen-bond donors (Lipinski definition) is 3. The van der Waals surface area contributed by atoms with E-state index in [0.717, 1.165) is 25.7 Å². The summed E-state index contributed by atoms with van der Waals surface area (Å²) in [6, 6.07) is -0.620. The highest BCUT2D eigenvalue weighted by atomic mass is 16.3. The molecule has 0 aliphatic rings. The first kappa shape index (κ1) is 75.1. The van der Waals surface area contributed by atoms with E-state index in [1.54, 1.807) is 6.08 Å². The number of amides is 1. The number of unbranched alkanes of at least 4 members (excludes halogenated alkanes) is 61. The number of carbonyl (C=O) groups excluding carboxylic acids is 1. The molecule has 2 unspecified atom stereocenters. The van der Waals surface area contributed by atoms with E-state index >= 15 is 0 Å². The molecule has 0 fully saturated rings. The lowest BCUT2D eigenvalue weighted by Crippen LogP contribution is -2.45. The van der Waals surface area contributed by atoms with Crippen molar-refractivity contribution in [2.75, 3.05) is 6.61 Å². The Kier molecular flexibility index (Phi) is 67.6. The van der Waals surface area contributed by atoms with E-state index in [0.29, 0.717) is 6.42 Å². The van der Waals surface area contributed by atoms with E-state index in [9.17, 15) is 15.0 Å². The summed E-state index contributed by atoms with van der Waals surface area (Å²) in [5.74, 6) is -0.0527. The highest BCUT2D eigenvalue weighted by molar-refractivity contribution is 5.76. The topological polar surface area (TPSA) is 69.6 Å². The first-order valence-corrected chi connectivity index (χ1v) is 35.9. The Bertz CT molecular complexity index is 1080. The number of carbonyl (C=O) groups is 1. The van der Waals surface area contributed by atoms with E-state index in [1.807, 2.05) is 6.08 Å². The summed E-state index contributed by atoms with van der Waals surface area (Å²) in [6.45, 7) is 4.37. The van der Waals surface area contributed by atoms with Gasteiger partial charge in [0.15, 0.2) is 0 Å². The number of nitrogens with one attached hydrogen (secondary N) is 1. The second-order valence-electron chi connectivity index (χ2n) is 25.0. The van der Waals surface area contributed by atoms with E-state index in [4.69, 9.17) is 0 Å². The fourth-order valence-corrected chi connectivity index (χ4v) is 11.8. The Hall–Kier alpha value is -0.870. The van der Waals surface area contributed by atoms with Gasteiger partial charge in [0.25, 0.3) is 0 Å². The quantitative estimate of drug-likeness (QED) is 0.0420. The molecule has 0 spiro atoms. The summed E-state index contributed by atoms with van der Waals surface area (Å²) in [5.41, 5.74) is 0. The van der Waals surface area contributed by atoms with Gasteiger partial charge in [0, 0.05) is 6.42 Å². The van der Waals surface area contributed by atoms with E-state index < -0.39 is 12.1 Å². The smallest absolute Gasteiger partial charge is 0.220 e. The molecule has 0 aliphatic heterocycles. The average Bonchev–Trinajstić information content (AvgIpc) is 3.42. The van der Waals surface area contributed by atoms with Crippen LogP contribution in [-0.2, 0) is 4.79 Å². The van der Waals surface area contributed by atoms with Crippen LogP contribution in [-0.4, -0.2) is 34.9 Å². The third-order valence-electron chi connectivity index (χ3n) is 17.3. The van der Waals surface area contributed by atoms with Crippen LogP contribution in [0.25, 0.3) is 0 Å². The fraction of sp³-hybridized carbons (Fsp3) is 0.958. The standard InChI is InChI=1S/C72H143NO3/c1-3-5-7-9-11-13-15-17-19-21-23-25-27-29-31-33-35-36-38-39-41-43-45-47-49-51-53-55-57-59-61-63-65-67-71(75)70(69-74)73-72(76)68-66-64-62-60-58-56-54-52-50-48-46-44-42-40-37-34-32-30-28-26-24-22-20-18-16-14-12-10-8-6-4-2/h65,67,70-71,74-75H,3-64,66,68-69H2,1-2H3,(H,73,76)/b67-65+. The molecule has 4 nitrogen and oxygen atoms in total. The number of allylic oxidation sites excluding steroid dienone is 1. The molecule has 76 heavy (non-hydrogen) atoms. The van der Waals surface area contributed by atoms with Gasteiger partial charge in [-0.1, -0.05) is 411 Å². The molecule has 0 heterocycles. The molecule has 0 bridgehead atoms. The molecule has 454 valence electrons. The van der Waals surface area contributed by atoms with Crippen molar-refractivity contribution in [1.82, 2.24) is 5.32 Å². The van der Waals surface area contributed by atoms with Crippen molar-refractivity contribution in [1.29, 1.82) is 0 Å². The third-order valence-corrected chi connectivity index (χ3v) is 17.3. The van der Waals surface area contributed by atoms with E-state index in [1.165, 1.54) is 379 Å². The van der Waals surface area contributed by atoms with Crippen LogP contribution >= 0.6 is 0 Å². The van der Waals surface area contributed by atoms with E-state index in [-0.39, 0.29) is 12.5 Å². The average molecular weight is 1070 g/mol. The Balaban J connectivity index is 3.39. The summed E-state index contributed by atoms with van der Waals surface area (Å²) in [4.78, 5) is 12.5. The van der Waals surface area contributed by atoms with Gasteiger partial charge >= 0.3 is 0 Å². The molecule has 0 saturated carbocycles. The van der Waals surface area contributed by atoms with Crippen LogP contribution in [0.5, 0.6) is 0 Å². The lowest BCUT2D eigenvalue weighted by atomic mass is 10.0. The van der Waals surface area contributed by atoms with Crippen molar-refractivity contribution in [3.05, 3.63) is 12.2 Å². The van der Waals surface area contributed by atoms with Crippen LogP contribution in [0.15, 0.2) is 12.2 Å².